The maximum Gasteiger partial charge on any atom is 0.236 e. The van der Waals surface area contributed by atoms with Gasteiger partial charge in [-0.05, 0) is 31.9 Å². The predicted octanol–water partition coefficient (Wildman–Crippen LogP) is 3.40. The molecule has 0 bridgehead atoms. The number of hydrogen-bond donors (Lipinski definition) is 2. The Morgan fingerprint density at radius 3 is 2.50 bits per heavy atom. The Hall–Kier alpha value is -0.940. The van der Waals surface area contributed by atoms with E-state index < -0.39 is 0 Å². The number of benzene rings is 1. The summed E-state index contributed by atoms with van der Waals surface area (Å²) >= 11 is 3.23. The normalized spacial score (nSPS) is 14.2. The number of amides is 1. The van der Waals surface area contributed by atoms with Crippen LogP contribution in [-0.4, -0.2) is 18.5 Å². The molecule has 2 N–H and O–H groups in total. The highest BCUT2D eigenvalue weighted by Gasteiger charge is 2.18. The minimum Gasteiger partial charge on any atom is -0.354 e. The van der Waals surface area contributed by atoms with Crippen LogP contribution in [0.5, 0.6) is 0 Å². The first-order valence-corrected chi connectivity index (χ1v) is 7.59. The Morgan fingerprint density at radius 2 is 1.95 bits per heavy atom. The summed E-state index contributed by atoms with van der Waals surface area (Å²) in [5.41, 5.74) is 0.553. The molecule has 112 valence electrons. The maximum atomic E-state index is 13.8. The minimum atomic E-state index is -0.369. The molecular formula is C15H22BrFN2O. The van der Waals surface area contributed by atoms with E-state index in [0.29, 0.717) is 22.5 Å². The van der Waals surface area contributed by atoms with Gasteiger partial charge in [-0.1, -0.05) is 35.8 Å². The second kappa shape index (κ2) is 7.74. The van der Waals surface area contributed by atoms with Crippen molar-refractivity contribution in [3.63, 3.8) is 0 Å². The van der Waals surface area contributed by atoms with Crippen molar-refractivity contribution < 1.29 is 9.18 Å². The van der Waals surface area contributed by atoms with Gasteiger partial charge >= 0.3 is 0 Å². The Kier molecular flexibility index (Phi) is 6.62. The van der Waals surface area contributed by atoms with E-state index in [-0.39, 0.29) is 23.8 Å². The van der Waals surface area contributed by atoms with Crippen molar-refractivity contribution in [1.82, 2.24) is 10.6 Å². The fourth-order valence-corrected chi connectivity index (χ4v) is 2.18. The number of rotatable bonds is 6. The zero-order chi connectivity index (χ0) is 15.3. The van der Waals surface area contributed by atoms with Crippen LogP contribution in [0.25, 0.3) is 0 Å². The average Bonchev–Trinajstić information content (AvgIpc) is 2.35. The largest absolute Gasteiger partial charge is 0.354 e. The molecule has 0 saturated heterocycles. The van der Waals surface area contributed by atoms with E-state index in [2.05, 4.69) is 26.6 Å². The molecule has 1 aromatic rings. The summed E-state index contributed by atoms with van der Waals surface area (Å²) in [6, 6.07) is 4.34. The number of carbonyl (C=O) groups excluding carboxylic acids is 1. The van der Waals surface area contributed by atoms with Gasteiger partial charge in [-0.25, -0.2) is 4.39 Å². The third kappa shape index (κ3) is 5.21. The van der Waals surface area contributed by atoms with Gasteiger partial charge in [-0.2, -0.15) is 0 Å². The molecule has 1 aromatic carbocycles. The van der Waals surface area contributed by atoms with E-state index in [0.717, 1.165) is 0 Å². The number of halogens is 2. The third-order valence-electron chi connectivity index (χ3n) is 3.01. The van der Waals surface area contributed by atoms with Crippen LogP contribution in [0.15, 0.2) is 22.7 Å². The van der Waals surface area contributed by atoms with Crippen molar-refractivity contribution in [1.29, 1.82) is 0 Å². The molecule has 0 spiro atoms. The molecule has 0 aliphatic carbocycles. The zero-order valence-corrected chi connectivity index (χ0v) is 13.9. The minimum absolute atomic E-state index is 0.0666. The molecule has 20 heavy (non-hydrogen) atoms. The van der Waals surface area contributed by atoms with Crippen molar-refractivity contribution in [2.45, 2.75) is 39.8 Å². The molecule has 2 atom stereocenters. The summed E-state index contributed by atoms with van der Waals surface area (Å²) in [5.74, 6) is 0.0599. The Labute approximate surface area is 128 Å². The molecule has 0 saturated carbocycles. The lowest BCUT2D eigenvalue weighted by Gasteiger charge is -2.21. The average molecular weight is 345 g/mol. The van der Waals surface area contributed by atoms with Gasteiger partial charge in [0.15, 0.2) is 0 Å². The molecule has 0 radical (unpaired) electrons. The third-order valence-corrected chi connectivity index (χ3v) is 3.50. The quantitative estimate of drug-likeness (QED) is 0.830. The van der Waals surface area contributed by atoms with Crippen LogP contribution in [0.3, 0.4) is 0 Å². The van der Waals surface area contributed by atoms with Crippen LogP contribution in [0.2, 0.25) is 0 Å². The summed E-state index contributed by atoms with van der Waals surface area (Å²) in [4.78, 5) is 11.9. The van der Waals surface area contributed by atoms with Gasteiger partial charge in [-0.3, -0.25) is 10.1 Å². The first-order chi connectivity index (χ1) is 9.31. The summed E-state index contributed by atoms with van der Waals surface area (Å²) in [6.45, 7) is 8.35. The highest BCUT2D eigenvalue weighted by molar-refractivity contribution is 9.10. The number of nitrogens with one attached hydrogen (secondary N) is 2. The molecule has 0 aliphatic heterocycles. The lowest BCUT2D eigenvalue weighted by Crippen LogP contribution is -2.44. The number of carbonyl (C=O) groups is 1. The lowest BCUT2D eigenvalue weighted by molar-refractivity contribution is -0.123. The summed E-state index contributed by atoms with van der Waals surface area (Å²) in [7, 11) is 0. The van der Waals surface area contributed by atoms with Crippen LogP contribution in [-0.2, 0) is 4.79 Å². The van der Waals surface area contributed by atoms with Gasteiger partial charge in [-0.15, -0.1) is 0 Å². The monoisotopic (exact) mass is 344 g/mol. The topological polar surface area (TPSA) is 41.1 Å². The standard InChI is InChI=1S/C15H22BrFN2O/c1-9(2)8-18-15(20)11(4)19-10(3)13-6-5-12(16)7-14(13)17/h5-7,9-11,19H,8H2,1-4H3,(H,18,20). The van der Waals surface area contributed by atoms with Crippen LogP contribution < -0.4 is 10.6 Å². The van der Waals surface area contributed by atoms with Crippen LogP contribution in [0, 0.1) is 11.7 Å². The Bertz CT molecular complexity index is 465. The Morgan fingerprint density at radius 1 is 1.30 bits per heavy atom. The maximum absolute atomic E-state index is 13.8. The van der Waals surface area contributed by atoms with Crippen molar-refractivity contribution in [3.8, 4) is 0 Å². The molecular weight excluding hydrogens is 323 g/mol. The van der Waals surface area contributed by atoms with Gasteiger partial charge < -0.3 is 5.32 Å². The Balaban J connectivity index is 2.60. The van der Waals surface area contributed by atoms with Crippen LogP contribution >= 0.6 is 15.9 Å². The summed E-state index contributed by atoms with van der Waals surface area (Å²) in [5, 5.41) is 5.97. The van der Waals surface area contributed by atoms with E-state index >= 15 is 0 Å². The van der Waals surface area contributed by atoms with E-state index in [1.54, 1.807) is 19.1 Å². The molecule has 5 heteroatoms. The van der Waals surface area contributed by atoms with Gasteiger partial charge in [0.1, 0.15) is 5.82 Å². The van der Waals surface area contributed by atoms with Crippen molar-refractivity contribution in [2.24, 2.45) is 5.92 Å². The van der Waals surface area contributed by atoms with Crippen LogP contribution in [0.1, 0.15) is 39.3 Å². The van der Waals surface area contributed by atoms with E-state index in [1.165, 1.54) is 6.07 Å². The molecule has 1 amide bonds. The summed E-state index contributed by atoms with van der Waals surface area (Å²) in [6.07, 6.45) is 0. The molecule has 3 nitrogen and oxygen atoms in total. The number of hydrogen-bond acceptors (Lipinski definition) is 2. The molecule has 0 fully saturated rings. The van der Waals surface area contributed by atoms with Gasteiger partial charge in [0.2, 0.25) is 5.91 Å². The zero-order valence-electron chi connectivity index (χ0n) is 12.3. The predicted molar refractivity (Wildman–Crippen MR) is 83.0 cm³/mol. The first-order valence-electron chi connectivity index (χ1n) is 6.80. The highest BCUT2D eigenvalue weighted by atomic mass is 79.9. The SMILES string of the molecule is CC(C)CNC(=O)C(C)NC(C)c1ccc(Br)cc1F. The van der Waals surface area contributed by atoms with Crippen molar-refractivity contribution in [3.05, 3.63) is 34.1 Å². The molecule has 0 aromatic heterocycles. The molecule has 0 heterocycles. The van der Waals surface area contributed by atoms with Crippen LogP contribution in [0.4, 0.5) is 4.39 Å². The van der Waals surface area contributed by atoms with Gasteiger partial charge in [0.05, 0.1) is 6.04 Å². The van der Waals surface area contributed by atoms with E-state index in [9.17, 15) is 9.18 Å². The van der Waals surface area contributed by atoms with Gasteiger partial charge in [0, 0.05) is 22.6 Å². The fraction of sp³-hybridized carbons (Fsp3) is 0.533. The second-order valence-corrected chi connectivity index (χ2v) is 6.33. The first kappa shape index (κ1) is 17.1. The van der Waals surface area contributed by atoms with E-state index in [1.807, 2.05) is 20.8 Å². The highest BCUT2D eigenvalue weighted by Crippen LogP contribution is 2.21. The molecule has 1 rings (SSSR count). The fourth-order valence-electron chi connectivity index (χ4n) is 1.85. The van der Waals surface area contributed by atoms with Crippen molar-refractivity contribution in [2.75, 3.05) is 6.54 Å². The summed E-state index contributed by atoms with van der Waals surface area (Å²) < 4.78 is 14.5. The molecule has 2 unspecified atom stereocenters. The lowest BCUT2D eigenvalue weighted by atomic mass is 10.1. The smallest absolute Gasteiger partial charge is 0.236 e. The van der Waals surface area contributed by atoms with Crippen molar-refractivity contribution >= 4 is 21.8 Å². The second-order valence-electron chi connectivity index (χ2n) is 5.41. The van der Waals surface area contributed by atoms with Gasteiger partial charge in [0.25, 0.3) is 0 Å². The van der Waals surface area contributed by atoms with E-state index in [4.69, 9.17) is 0 Å². The molecule has 0 aliphatic rings.